The molecule has 17 heavy (non-hydrogen) atoms. The first-order chi connectivity index (χ1) is 8.09. The molecule has 0 atom stereocenters. The summed E-state index contributed by atoms with van der Waals surface area (Å²) in [6.45, 7) is 4.02. The zero-order valence-corrected chi connectivity index (χ0v) is 10.1. The van der Waals surface area contributed by atoms with Gasteiger partial charge in [0.25, 0.3) is 0 Å². The van der Waals surface area contributed by atoms with Crippen LogP contribution in [0.2, 0.25) is 0 Å². The molecular weight excluding hydrogens is 222 g/mol. The first-order valence-electron chi connectivity index (χ1n) is 5.53. The summed E-state index contributed by atoms with van der Waals surface area (Å²) in [7, 11) is 1.83. The van der Waals surface area contributed by atoms with Gasteiger partial charge in [-0.1, -0.05) is 0 Å². The number of carbonyl (C=O) groups excluding carboxylic acids is 1. The molecule has 7 nitrogen and oxygen atoms in total. The number of nitrogens with zero attached hydrogens (tertiary/aromatic N) is 3. The van der Waals surface area contributed by atoms with Gasteiger partial charge in [-0.25, -0.2) is 0 Å². The van der Waals surface area contributed by atoms with Crippen molar-refractivity contribution in [2.24, 2.45) is 7.05 Å². The van der Waals surface area contributed by atoms with Crippen LogP contribution < -0.4 is 10.6 Å². The van der Waals surface area contributed by atoms with Crippen molar-refractivity contribution in [1.82, 2.24) is 25.4 Å². The van der Waals surface area contributed by atoms with E-state index < -0.39 is 0 Å². The van der Waals surface area contributed by atoms with E-state index in [2.05, 4.69) is 20.8 Å². The van der Waals surface area contributed by atoms with Gasteiger partial charge in [0.1, 0.15) is 12.9 Å². The standard InChI is InChI=1S/C10H17N5O2/c1-10(5-11-6-10)17-4-9(16)12-3-8-14-13-7-15(8)2/h7,11H,3-6H2,1-2H3,(H,12,16). The number of carbonyl (C=O) groups is 1. The summed E-state index contributed by atoms with van der Waals surface area (Å²) in [6.07, 6.45) is 1.60. The van der Waals surface area contributed by atoms with E-state index in [1.54, 1.807) is 10.9 Å². The number of ether oxygens (including phenoxy) is 1. The van der Waals surface area contributed by atoms with E-state index in [9.17, 15) is 4.79 Å². The van der Waals surface area contributed by atoms with Crippen LogP contribution in [-0.4, -0.2) is 46.0 Å². The highest BCUT2D eigenvalue weighted by atomic mass is 16.5. The third kappa shape index (κ3) is 3.01. The first kappa shape index (κ1) is 12.0. The second-order valence-corrected chi connectivity index (χ2v) is 4.48. The van der Waals surface area contributed by atoms with E-state index >= 15 is 0 Å². The smallest absolute Gasteiger partial charge is 0.246 e. The summed E-state index contributed by atoms with van der Waals surface area (Å²) in [5.41, 5.74) is -0.192. The van der Waals surface area contributed by atoms with Gasteiger partial charge in [-0.3, -0.25) is 4.79 Å². The van der Waals surface area contributed by atoms with Crippen molar-refractivity contribution in [3.63, 3.8) is 0 Å². The monoisotopic (exact) mass is 239 g/mol. The average Bonchev–Trinajstić information content (AvgIpc) is 2.67. The van der Waals surface area contributed by atoms with Gasteiger partial charge >= 0.3 is 0 Å². The lowest BCUT2D eigenvalue weighted by Crippen LogP contribution is -2.59. The molecule has 0 aliphatic carbocycles. The minimum Gasteiger partial charge on any atom is -0.363 e. The second-order valence-electron chi connectivity index (χ2n) is 4.48. The molecule has 0 bridgehead atoms. The fourth-order valence-electron chi connectivity index (χ4n) is 1.51. The maximum atomic E-state index is 11.5. The van der Waals surface area contributed by atoms with Crippen LogP contribution in [0.4, 0.5) is 0 Å². The Hall–Kier alpha value is -1.47. The van der Waals surface area contributed by atoms with Gasteiger partial charge in [0, 0.05) is 20.1 Å². The molecule has 1 aliphatic rings. The number of aryl methyl sites for hydroxylation is 1. The molecular formula is C10H17N5O2. The number of amides is 1. The Labute approximate surface area is 99.5 Å². The summed E-state index contributed by atoms with van der Waals surface area (Å²) in [4.78, 5) is 11.5. The quantitative estimate of drug-likeness (QED) is 0.675. The Bertz CT molecular complexity index is 399. The van der Waals surface area contributed by atoms with Crippen LogP contribution in [0.25, 0.3) is 0 Å². The summed E-state index contributed by atoms with van der Waals surface area (Å²) in [5.74, 6) is 0.580. The zero-order valence-electron chi connectivity index (χ0n) is 10.1. The van der Waals surface area contributed by atoms with Crippen LogP contribution in [0, 0.1) is 0 Å². The molecule has 2 heterocycles. The van der Waals surface area contributed by atoms with Crippen molar-refractivity contribution in [3.8, 4) is 0 Å². The number of rotatable bonds is 5. The third-order valence-electron chi connectivity index (χ3n) is 2.80. The SMILES string of the molecule is Cn1cnnc1CNC(=O)COC1(C)CNC1. The highest BCUT2D eigenvalue weighted by molar-refractivity contribution is 5.77. The molecule has 2 rings (SSSR count). The van der Waals surface area contributed by atoms with Crippen LogP contribution in [-0.2, 0) is 23.1 Å². The molecule has 0 radical (unpaired) electrons. The minimum atomic E-state index is -0.192. The van der Waals surface area contributed by atoms with Gasteiger partial charge in [-0.15, -0.1) is 10.2 Å². The van der Waals surface area contributed by atoms with Gasteiger partial charge in [0.05, 0.1) is 12.1 Å². The highest BCUT2D eigenvalue weighted by Crippen LogP contribution is 2.14. The van der Waals surface area contributed by atoms with Gasteiger partial charge < -0.3 is 19.9 Å². The first-order valence-corrected chi connectivity index (χ1v) is 5.53. The predicted molar refractivity (Wildman–Crippen MR) is 60.1 cm³/mol. The van der Waals surface area contributed by atoms with Crippen molar-refractivity contribution in [2.45, 2.75) is 19.1 Å². The van der Waals surface area contributed by atoms with E-state index in [4.69, 9.17) is 4.74 Å². The van der Waals surface area contributed by atoms with E-state index in [-0.39, 0.29) is 18.1 Å². The molecule has 1 aliphatic heterocycles. The molecule has 0 saturated carbocycles. The van der Waals surface area contributed by atoms with Crippen molar-refractivity contribution >= 4 is 5.91 Å². The van der Waals surface area contributed by atoms with Crippen LogP contribution in [0.3, 0.4) is 0 Å². The lowest BCUT2D eigenvalue weighted by atomic mass is 10.0. The van der Waals surface area contributed by atoms with Crippen molar-refractivity contribution < 1.29 is 9.53 Å². The van der Waals surface area contributed by atoms with Crippen LogP contribution in [0.1, 0.15) is 12.7 Å². The molecule has 1 aromatic heterocycles. The third-order valence-corrected chi connectivity index (χ3v) is 2.80. The molecule has 1 saturated heterocycles. The zero-order chi connectivity index (χ0) is 12.3. The Kier molecular flexibility index (Phi) is 3.39. The second kappa shape index (κ2) is 4.80. The maximum Gasteiger partial charge on any atom is 0.246 e. The maximum absolute atomic E-state index is 11.5. The molecule has 0 aromatic carbocycles. The van der Waals surface area contributed by atoms with Crippen LogP contribution in [0.5, 0.6) is 0 Å². The Morgan fingerprint density at radius 1 is 1.71 bits per heavy atom. The molecule has 1 amide bonds. The summed E-state index contributed by atoms with van der Waals surface area (Å²) >= 11 is 0. The Morgan fingerprint density at radius 2 is 2.47 bits per heavy atom. The van der Waals surface area contributed by atoms with E-state index in [0.717, 1.165) is 18.9 Å². The topological polar surface area (TPSA) is 81.1 Å². The number of aromatic nitrogens is 3. The summed E-state index contributed by atoms with van der Waals surface area (Å²) in [6, 6.07) is 0. The lowest BCUT2D eigenvalue weighted by Gasteiger charge is -2.38. The Balaban J connectivity index is 1.69. The molecule has 0 spiro atoms. The van der Waals surface area contributed by atoms with Gasteiger partial charge in [0.15, 0.2) is 5.82 Å². The molecule has 0 unspecified atom stereocenters. The van der Waals surface area contributed by atoms with Crippen LogP contribution in [0.15, 0.2) is 6.33 Å². The van der Waals surface area contributed by atoms with Crippen molar-refractivity contribution in [1.29, 1.82) is 0 Å². The van der Waals surface area contributed by atoms with Crippen molar-refractivity contribution in [3.05, 3.63) is 12.2 Å². The molecule has 7 heteroatoms. The largest absolute Gasteiger partial charge is 0.363 e. The Morgan fingerprint density at radius 3 is 3.00 bits per heavy atom. The fourth-order valence-corrected chi connectivity index (χ4v) is 1.51. The summed E-state index contributed by atoms with van der Waals surface area (Å²) in [5, 5.41) is 13.4. The predicted octanol–water partition coefficient (Wildman–Crippen LogP) is -1.19. The van der Waals surface area contributed by atoms with Gasteiger partial charge in [-0.05, 0) is 6.92 Å². The lowest BCUT2D eigenvalue weighted by molar-refractivity contribution is -0.136. The number of hydrogen-bond donors (Lipinski definition) is 2. The average molecular weight is 239 g/mol. The van der Waals surface area contributed by atoms with Gasteiger partial charge in [0.2, 0.25) is 5.91 Å². The molecule has 2 N–H and O–H groups in total. The molecule has 94 valence electrons. The van der Waals surface area contributed by atoms with E-state index in [1.165, 1.54) is 0 Å². The number of hydrogen-bond acceptors (Lipinski definition) is 5. The summed E-state index contributed by atoms with van der Waals surface area (Å²) < 4.78 is 7.27. The number of nitrogens with one attached hydrogen (secondary N) is 2. The van der Waals surface area contributed by atoms with Crippen molar-refractivity contribution in [2.75, 3.05) is 19.7 Å². The highest BCUT2D eigenvalue weighted by Gasteiger charge is 2.32. The molecule has 1 fully saturated rings. The van der Waals surface area contributed by atoms with Crippen LogP contribution >= 0.6 is 0 Å². The van der Waals surface area contributed by atoms with E-state index in [0.29, 0.717) is 6.54 Å². The molecule has 1 aromatic rings. The van der Waals surface area contributed by atoms with E-state index in [1.807, 2.05) is 14.0 Å². The fraction of sp³-hybridized carbons (Fsp3) is 0.700. The minimum absolute atomic E-state index is 0.0794. The normalized spacial score (nSPS) is 17.5. The van der Waals surface area contributed by atoms with Gasteiger partial charge in [-0.2, -0.15) is 0 Å².